The molecule has 1 heterocycles. The normalized spacial score (nSPS) is 10.3. The van der Waals surface area contributed by atoms with E-state index in [-0.39, 0.29) is 0 Å². The van der Waals surface area contributed by atoms with E-state index in [1.54, 1.807) is 13.2 Å². The van der Waals surface area contributed by atoms with Gasteiger partial charge in [-0.15, -0.1) is 0 Å². The third kappa shape index (κ3) is 4.23. The quantitative estimate of drug-likeness (QED) is 0.844. The van der Waals surface area contributed by atoms with Crippen LogP contribution in [-0.4, -0.2) is 23.6 Å². The smallest absolute Gasteiger partial charge is 0.224 e. The fraction of sp³-hybridized carbons (Fsp3) is 0.333. The molecule has 2 N–H and O–H groups in total. The maximum absolute atomic E-state index is 6.12. The maximum atomic E-state index is 6.12. The molecule has 2 rings (SSSR count). The van der Waals surface area contributed by atoms with E-state index in [1.165, 1.54) is 0 Å². The van der Waals surface area contributed by atoms with E-state index in [0.717, 1.165) is 30.2 Å². The second-order valence-electron chi connectivity index (χ2n) is 4.62. The number of ether oxygens (including phenoxy) is 1. The van der Waals surface area contributed by atoms with Gasteiger partial charge < -0.3 is 15.4 Å². The molecule has 2 aromatic rings. The molecule has 0 unspecified atom stereocenters. The SMILES string of the molecule is CCCNc1nc(C)cc(Nc2ccc(OC)c(Cl)c2)n1. The van der Waals surface area contributed by atoms with Gasteiger partial charge in [0.2, 0.25) is 5.95 Å². The number of hydrogen-bond acceptors (Lipinski definition) is 5. The van der Waals surface area contributed by atoms with Crippen molar-refractivity contribution in [3.63, 3.8) is 0 Å². The number of nitrogens with one attached hydrogen (secondary N) is 2. The lowest BCUT2D eigenvalue weighted by atomic mass is 10.3. The lowest BCUT2D eigenvalue weighted by Gasteiger charge is -2.10. The van der Waals surface area contributed by atoms with Crippen molar-refractivity contribution in [3.05, 3.63) is 35.0 Å². The first kappa shape index (κ1) is 15.4. The van der Waals surface area contributed by atoms with E-state index in [1.807, 2.05) is 25.1 Å². The van der Waals surface area contributed by atoms with Gasteiger partial charge in [-0.2, -0.15) is 4.98 Å². The Kier molecular flexibility index (Phi) is 5.22. The molecule has 1 aromatic carbocycles. The largest absolute Gasteiger partial charge is 0.495 e. The minimum atomic E-state index is 0.553. The van der Waals surface area contributed by atoms with Crippen LogP contribution in [0.4, 0.5) is 17.5 Å². The first-order chi connectivity index (χ1) is 10.1. The summed E-state index contributed by atoms with van der Waals surface area (Å²) in [5.74, 6) is 1.99. The molecule has 112 valence electrons. The molecule has 0 fully saturated rings. The molecule has 0 amide bonds. The molecule has 5 nitrogen and oxygen atoms in total. The molecule has 0 bridgehead atoms. The number of halogens is 1. The zero-order valence-corrected chi connectivity index (χ0v) is 13.2. The number of anilines is 3. The minimum Gasteiger partial charge on any atom is -0.495 e. The van der Waals surface area contributed by atoms with Gasteiger partial charge in [-0.1, -0.05) is 18.5 Å². The summed E-state index contributed by atoms with van der Waals surface area (Å²) in [7, 11) is 1.59. The van der Waals surface area contributed by atoms with Gasteiger partial charge in [0, 0.05) is 24.0 Å². The number of aryl methyl sites for hydroxylation is 1. The Morgan fingerprint density at radius 1 is 1.24 bits per heavy atom. The fourth-order valence-corrected chi connectivity index (χ4v) is 2.10. The molecule has 0 saturated heterocycles. The summed E-state index contributed by atoms with van der Waals surface area (Å²) in [6, 6.07) is 7.39. The highest BCUT2D eigenvalue weighted by Gasteiger charge is 2.05. The van der Waals surface area contributed by atoms with Gasteiger partial charge in [-0.25, -0.2) is 4.98 Å². The van der Waals surface area contributed by atoms with E-state index >= 15 is 0 Å². The van der Waals surface area contributed by atoms with Gasteiger partial charge in [0.1, 0.15) is 11.6 Å². The number of aromatic nitrogens is 2. The predicted octanol–water partition coefficient (Wildman–Crippen LogP) is 4.01. The van der Waals surface area contributed by atoms with E-state index in [0.29, 0.717) is 16.7 Å². The molecule has 0 aliphatic rings. The van der Waals surface area contributed by atoms with Gasteiger partial charge in [0.25, 0.3) is 0 Å². The highest BCUT2D eigenvalue weighted by molar-refractivity contribution is 6.32. The minimum absolute atomic E-state index is 0.553. The topological polar surface area (TPSA) is 59.1 Å². The van der Waals surface area contributed by atoms with Crippen LogP contribution in [0, 0.1) is 6.92 Å². The molecule has 0 radical (unpaired) electrons. The van der Waals surface area contributed by atoms with Crippen molar-refractivity contribution >= 4 is 29.1 Å². The Morgan fingerprint density at radius 2 is 2.05 bits per heavy atom. The monoisotopic (exact) mass is 306 g/mol. The molecule has 0 saturated carbocycles. The van der Waals surface area contributed by atoms with E-state index < -0.39 is 0 Å². The molecule has 1 aromatic heterocycles. The Balaban J connectivity index is 2.18. The first-order valence-electron chi connectivity index (χ1n) is 6.82. The second-order valence-corrected chi connectivity index (χ2v) is 5.03. The Bertz CT molecular complexity index is 619. The molecular weight excluding hydrogens is 288 g/mol. The fourth-order valence-electron chi connectivity index (χ4n) is 1.84. The first-order valence-corrected chi connectivity index (χ1v) is 7.20. The summed E-state index contributed by atoms with van der Waals surface area (Å²) < 4.78 is 5.14. The van der Waals surface area contributed by atoms with Crippen LogP contribution in [0.25, 0.3) is 0 Å². The summed E-state index contributed by atoms with van der Waals surface area (Å²) >= 11 is 6.12. The lowest BCUT2D eigenvalue weighted by Crippen LogP contribution is -2.06. The van der Waals surface area contributed by atoms with Crippen molar-refractivity contribution in [2.75, 3.05) is 24.3 Å². The number of nitrogens with zero attached hydrogens (tertiary/aromatic N) is 2. The van der Waals surface area contributed by atoms with Gasteiger partial charge in [0.05, 0.1) is 12.1 Å². The highest BCUT2D eigenvalue weighted by Crippen LogP contribution is 2.28. The Labute approximate surface area is 129 Å². The van der Waals surface area contributed by atoms with Crippen molar-refractivity contribution in [1.82, 2.24) is 9.97 Å². The van der Waals surface area contributed by atoms with E-state index in [4.69, 9.17) is 16.3 Å². The average Bonchev–Trinajstić information content (AvgIpc) is 2.45. The van der Waals surface area contributed by atoms with Gasteiger partial charge in [0.15, 0.2) is 0 Å². The van der Waals surface area contributed by atoms with Crippen LogP contribution in [0.3, 0.4) is 0 Å². The van der Waals surface area contributed by atoms with Crippen molar-refractivity contribution in [2.45, 2.75) is 20.3 Å². The number of methoxy groups -OCH3 is 1. The van der Waals surface area contributed by atoms with Crippen LogP contribution >= 0.6 is 11.6 Å². The summed E-state index contributed by atoms with van der Waals surface area (Å²) in [4.78, 5) is 8.78. The van der Waals surface area contributed by atoms with Gasteiger partial charge >= 0.3 is 0 Å². The lowest BCUT2D eigenvalue weighted by molar-refractivity contribution is 0.415. The van der Waals surface area contributed by atoms with E-state index in [9.17, 15) is 0 Å². The zero-order chi connectivity index (χ0) is 15.2. The number of hydrogen-bond donors (Lipinski definition) is 2. The van der Waals surface area contributed by atoms with Crippen LogP contribution in [0.15, 0.2) is 24.3 Å². The van der Waals surface area contributed by atoms with Gasteiger partial charge in [-0.3, -0.25) is 0 Å². The summed E-state index contributed by atoms with van der Waals surface area (Å²) in [5, 5.41) is 6.96. The molecule has 0 spiro atoms. The summed E-state index contributed by atoms with van der Waals surface area (Å²) in [6.07, 6.45) is 1.02. The molecule has 6 heteroatoms. The highest BCUT2D eigenvalue weighted by atomic mass is 35.5. The number of benzene rings is 1. The third-order valence-electron chi connectivity index (χ3n) is 2.81. The van der Waals surface area contributed by atoms with Crippen molar-refractivity contribution in [3.8, 4) is 5.75 Å². The summed E-state index contributed by atoms with van der Waals surface area (Å²) in [6.45, 7) is 4.88. The Hall–Kier alpha value is -2.01. The molecule has 0 aliphatic carbocycles. The van der Waals surface area contributed by atoms with Crippen LogP contribution in [0.2, 0.25) is 5.02 Å². The Morgan fingerprint density at radius 3 is 2.71 bits per heavy atom. The maximum Gasteiger partial charge on any atom is 0.224 e. The van der Waals surface area contributed by atoms with Crippen molar-refractivity contribution in [1.29, 1.82) is 0 Å². The van der Waals surface area contributed by atoms with Crippen LogP contribution < -0.4 is 15.4 Å². The van der Waals surface area contributed by atoms with Crippen molar-refractivity contribution < 1.29 is 4.74 Å². The molecular formula is C15H19ClN4O. The molecule has 0 aliphatic heterocycles. The standard InChI is InChI=1S/C15H19ClN4O/c1-4-7-17-15-18-10(2)8-14(20-15)19-11-5-6-13(21-3)12(16)9-11/h5-6,8-9H,4,7H2,1-3H3,(H2,17,18,19,20). The third-order valence-corrected chi connectivity index (χ3v) is 3.11. The molecule has 0 atom stereocenters. The van der Waals surface area contributed by atoms with Gasteiger partial charge in [-0.05, 0) is 31.5 Å². The average molecular weight is 307 g/mol. The van der Waals surface area contributed by atoms with Crippen molar-refractivity contribution in [2.24, 2.45) is 0 Å². The second kappa shape index (κ2) is 7.13. The number of rotatable bonds is 6. The van der Waals surface area contributed by atoms with Crippen LogP contribution in [0.5, 0.6) is 5.75 Å². The van der Waals surface area contributed by atoms with Crippen LogP contribution in [0.1, 0.15) is 19.0 Å². The predicted molar refractivity (Wildman–Crippen MR) is 86.8 cm³/mol. The summed E-state index contributed by atoms with van der Waals surface area (Å²) in [5.41, 5.74) is 1.74. The van der Waals surface area contributed by atoms with E-state index in [2.05, 4.69) is 27.5 Å². The zero-order valence-electron chi connectivity index (χ0n) is 12.4. The van der Waals surface area contributed by atoms with Crippen LogP contribution in [-0.2, 0) is 0 Å². The molecule has 21 heavy (non-hydrogen) atoms.